The molecule has 0 saturated carbocycles. The molecule has 0 bridgehead atoms. The van der Waals surface area contributed by atoms with Crippen molar-refractivity contribution < 1.29 is 0 Å². The van der Waals surface area contributed by atoms with Crippen molar-refractivity contribution in [1.82, 2.24) is 0 Å². The Morgan fingerprint density at radius 2 is 1.10 bits per heavy atom. The molecule has 31 heavy (non-hydrogen) atoms. The molecule has 1 aliphatic carbocycles. The van der Waals surface area contributed by atoms with Crippen molar-refractivity contribution in [3.05, 3.63) is 117 Å². The van der Waals surface area contributed by atoms with Gasteiger partial charge in [0.1, 0.15) is 0 Å². The molecule has 0 N–H and O–H groups in total. The lowest BCUT2D eigenvalue weighted by Gasteiger charge is -2.29. The first-order chi connectivity index (χ1) is 15.2. The summed E-state index contributed by atoms with van der Waals surface area (Å²) in [6.45, 7) is 0. The van der Waals surface area contributed by atoms with Crippen LogP contribution in [0.3, 0.4) is 0 Å². The molecule has 2 heteroatoms. The SMILES string of the molecule is Brc1cc2cc(Br)c3cccc4c3c2c2c(cccc12)C4c1ccc2ccccc2c1. The highest BCUT2D eigenvalue weighted by molar-refractivity contribution is 9.11. The first kappa shape index (κ1) is 17.9. The van der Waals surface area contributed by atoms with Crippen molar-refractivity contribution in [2.45, 2.75) is 5.92 Å². The summed E-state index contributed by atoms with van der Waals surface area (Å²) in [6, 6.07) is 33.6. The standard InChI is InChI=1S/C29H16Br2/c30-24-14-19-15-25(31)21-8-4-10-23-26(18-12-11-16-5-1-2-6-17(16)13-18)22-9-3-7-20(24)28(22)27(19)29(21)23/h1-15,26H. The van der Waals surface area contributed by atoms with Crippen LogP contribution in [0.25, 0.3) is 43.1 Å². The summed E-state index contributed by atoms with van der Waals surface area (Å²) in [5.41, 5.74) is 4.13. The van der Waals surface area contributed by atoms with Crippen molar-refractivity contribution in [1.29, 1.82) is 0 Å². The van der Waals surface area contributed by atoms with Crippen LogP contribution in [0.5, 0.6) is 0 Å². The van der Waals surface area contributed by atoms with E-state index in [1.54, 1.807) is 0 Å². The van der Waals surface area contributed by atoms with E-state index in [0.717, 1.165) is 8.95 Å². The maximum atomic E-state index is 3.85. The van der Waals surface area contributed by atoms with Gasteiger partial charge in [-0.1, -0.05) is 111 Å². The monoisotopic (exact) mass is 522 g/mol. The van der Waals surface area contributed by atoms with Gasteiger partial charge in [-0.05, 0) is 71.9 Å². The normalized spacial score (nSPS) is 13.4. The molecule has 0 nitrogen and oxygen atoms in total. The smallest absolute Gasteiger partial charge is 0.0352 e. The number of hydrogen-bond acceptors (Lipinski definition) is 0. The molecule has 0 heterocycles. The van der Waals surface area contributed by atoms with E-state index in [0.29, 0.717) is 0 Å². The van der Waals surface area contributed by atoms with Gasteiger partial charge in [0.2, 0.25) is 0 Å². The third-order valence-corrected chi connectivity index (χ3v) is 8.10. The molecule has 0 radical (unpaired) electrons. The number of halogens is 2. The number of hydrogen-bond donors (Lipinski definition) is 0. The van der Waals surface area contributed by atoms with Gasteiger partial charge < -0.3 is 0 Å². The molecule has 0 aromatic heterocycles. The third kappa shape index (κ3) is 2.41. The molecule has 7 rings (SSSR count). The molecule has 0 fully saturated rings. The summed E-state index contributed by atoms with van der Waals surface area (Å²) in [5, 5.41) is 10.5. The molecule has 1 aliphatic rings. The maximum Gasteiger partial charge on any atom is 0.0352 e. The Morgan fingerprint density at radius 1 is 0.484 bits per heavy atom. The van der Waals surface area contributed by atoms with Gasteiger partial charge in [0.05, 0.1) is 0 Å². The Labute approximate surface area is 196 Å². The van der Waals surface area contributed by atoms with Crippen molar-refractivity contribution >= 4 is 74.9 Å². The predicted octanol–water partition coefficient (Wildman–Crippen LogP) is 9.32. The van der Waals surface area contributed by atoms with Gasteiger partial charge in [0, 0.05) is 14.9 Å². The minimum Gasteiger partial charge on any atom is -0.0616 e. The fraction of sp³-hybridized carbons (Fsp3) is 0.0345. The maximum absolute atomic E-state index is 3.85. The van der Waals surface area contributed by atoms with Gasteiger partial charge in [-0.2, -0.15) is 0 Å². The molecule has 0 saturated heterocycles. The zero-order valence-electron chi connectivity index (χ0n) is 16.5. The molecule has 0 spiro atoms. The highest BCUT2D eigenvalue weighted by atomic mass is 79.9. The van der Waals surface area contributed by atoms with Crippen LogP contribution in [0.1, 0.15) is 22.6 Å². The van der Waals surface area contributed by atoms with Crippen molar-refractivity contribution in [2.24, 2.45) is 0 Å². The Kier molecular flexibility index (Phi) is 3.71. The molecule has 6 aromatic carbocycles. The molecular weight excluding hydrogens is 508 g/mol. The van der Waals surface area contributed by atoms with Crippen molar-refractivity contribution in [2.75, 3.05) is 0 Å². The van der Waals surface area contributed by atoms with E-state index in [4.69, 9.17) is 0 Å². The summed E-state index contributed by atoms with van der Waals surface area (Å²) in [7, 11) is 0. The highest BCUT2D eigenvalue weighted by Crippen LogP contribution is 2.51. The van der Waals surface area contributed by atoms with Crippen LogP contribution in [0.2, 0.25) is 0 Å². The molecule has 146 valence electrons. The quantitative estimate of drug-likeness (QED) is 0.188. The molecular formula is C29H16Br2. The van der Waals surface area contributed by atoms with Crippen LogP contribution in [0.4, 0.5) is 0 Å². The largest absolute Gasteiger partial charge is 0.0616 e. The fourth-order valence-electron chi connectivity index (χ4n) is 5.52. The van der Waals surface area contributed by atoms with Gasteiger partial charge >= 0.3 is 0 Å². The van der Waals surface area contributed by atoms with E-state index in [1.807, 2.05) is 0 Å². The van der Waals surface area contributed by atoms with Crippen LogP contribution >= 0.6 is 31.9 Å². The summed E-state index contributed by atoms with van der Waals surface area (Å²) >= 11 is 7.71. The van der Waals surface area contributed by atoms with Gasteiger partial charge in [-0.25, -0.2) is 0 Å². The summed E-state index contributed by atoms with van der Waals surface area (Å²) < 4.78 is 2.31. The topological polar surface area (TPSA) is 0 Å². The lowest BCUT2D eigenvalue weighted by atomic mass is 9.75. The number of fused-ring (bicyclic) bond motifs is 1. The fourth-order valence-corrected chi connectivity index (χ4v) is 6.67. The second-order valence-electron chi connectivity index (χ2n) is 8.39. The summed E-state index contributed by atoms with van der Waals surface area (Å²) in [4.78, 5) is 0. The van der Waals surface area contributed by atoms with Crippen molar-refractivity contribution in [3.8, 4) is 0 Å². The molecule has 6 aromatic rings. The average molecular weight is 524 g/mol. The van der Waals surface area contributed by atoms with Crippen LogP contribution in [-0.4, -0.2) is 0 Å². The first-order valence-electron chi connectivity index (χ1n) is 10.5. The van der Waals surface area contributed by atoms with E-state index in [2.05, 4.69) is 123 Å². The predicted molar refractivity (Wildman–Crippen MR) is 139 cm³/mol. The zero-order chi connectivity index (χ0) is 20.7. The number of benzene rings is 6. The van der Waals surface area contributed by atoms with Gasteiger partial charge in [-0.15, -0.1) is 0 Å². The first-order valence-corrected chi connectivity index (χ1v) is 12.0. The molecule has 0 aliphatic heterocycles. The zero-order valence-corrected chi connectivity index (χ0v) is 19.7. The third-order valence-electron chi connectivity index (χ3n) is 6.79. The van der Waals surface area contributed by atoms with E-state index in [1.165, 1.54) is 59.8 Å². The minimum absolute atomic E-state index is 0.205. The second-order valence-corrected chi connectivity index (χ2v) is 10.1. The summed E-state index contributed by atoms with van der Waals surface area (Å²) in [6.07, 6.45) is 0. The molecule has 0 amide bonds. The van der Waals surface area contributed by atoms with Crippen LogP contribution in [0, 0.1) is 0 Å². The highest BCUT2D eigenvalue weighted by Gasteiger charge is 2.28. The molecule has 0 unspecified atom stereocenters. The second kappa shape index (κ2) is 6.41. The van der Waals surface area contributed by atoms with E-state index in [9.17, 15) is 0 Å². The lowest BCUT2D eigenvalue weighted by Crippen LogP contribution is -2.09. The average Bonchev–Trinajstić information content (AvgIpc) is 2.80. The Bertz CT molecular complexity index is 1630. The number of rotatable bonds is 1. The van der Waals surface area contributed by atoms with Crippen LogP contribution in [-0.2, 0) is 0 Å². The van der Waals surface area contributed by atoms with E-state index in [-0.39, 0.29) is 5.92 Å². The Hall–Kier alpha value is -2.68. The van der Waals surface area contributed by atoms with E-state index >= 15 is 0 Å². The Balaban J connectivity index is 1.70. The summed E-state index contributed by atoms with van der Waals surface area (Å²) in [5.74, 6) is 0.205. The Morgan fingerprint density at radius 3 is 1.74 bits per heavy atom. The van der Waals surface area contributed by atoms with Crippen molar-refractivity contribution in [3.63, 3.8) is 0 Å². The lowest BCUT2D eigenvalue weighted by molar-refractivity contribution is 1.00. The van der Waals surface area contributed by atoms with E-state index < -0.39 is 0 Å². The molecule has 0 atom stereocenters. The van der Waals surface area contributed by atoms with Gasteiger partial charge in [0.15, 0.2) is 0 Å². The van der Waals surface area contributed by atoms with Gasteiger partial charge in [0.25, 0.3) is 0 Å². The van der Waals surface area contributed by atoms with Crippen LogP contribution < -0.4 is 0 Å². The van der Waals surface area contributed by atoms with Gasteiger partial charge in [-0.3, -0.25) is 0 Å². The van der Waals surface area contributed by atoms with Crippen LogP contribution in [0.15, 0.2) is 99.9 Å². The minimum atomic E-state index is 0.205.